The molecule has 0 aromatic heterocycles. The molecular formula is C17H24N2O. The van der Waals surface area contributed by atoms with Gasteiger partial charge in [0.15, 0.2) is 0 Å². The molecule has 3 rings (SSSR count). The van der Waals surface area contributed by atoms with Gasteiger partial charge in [-0.2, -0.15) is 0 Å². The number of carbonyl (C=O) groups excluding carboxylic acids is 1. The third-order valence-electron chi connectivity index (χ3n) is 4.62. The van der Waals surface area contributed by atoms with Crippen molar-refractivity contribution in [3.63, 3.8) is 0 Å². The molecule has 0 radical (unpaired) electrons. The third-order valence-corrected chi connectivity index (χ3v) is 4.62. The van der Waals surface area contributed by atoms with E-state index < -0.39 is 0 Å². The SMILES string of the molecule is CCCC1CC1N1C(=O)C(c2ccccc2)NC1CC. The molecule has 4 atom stereocenters. The number of hydrogen-bond acceptors (Lipinski definition) is 2. The summed E-state index contributed by atoms with van der Waals surface area (Å²) < 4.78 is 0. The lowest BCUT2D eigenvalue weighted by atomic mass is 10.1. The summed E-state index contributed by atoms with van der Waals surface area (Å²) in [6, 6.07) is 10.4. The molecular weight excluding hydrogens is 248 g/mol. The predicted molar refractivity (Wildman–Crippen MR) is 80.0 cm³/mol. The van der Waals surface area contributed by atoms with E-state index in [2.05, 4.69) is 24.1 Å². The lowest BCUT2D eigenvalue weighted by Crippen LogP contribution is -2.39. The molecule has 1 N–H and O–H groups in total. The second-order valence-corrected chi connectivity index (χ2v) is 6.03. The van der Waals surface area contributed by atoms with Crippen LogP contribution in [0.3, 0.4) is 0 Å². The van der Waals surface area contributed by atoms with E-state index in [4.69, 9.17) is 0 Å². The lowest BCUT2D eigenvalue weighted by molar-refractivity contribution is -0.130. The van der Waals surface area contributed by atoms with Crippen LogP contribution in [0.4, 0.5) is 0 Å². The fraction of sp³-hybridized carbons (Fsp3) is 0.588. The van der Waals surface area contributed by atoms with Crippen molar-refractivity contribution in [3.05, 3.63) is 35.9 Å². The number of carbonyl (C=O) groups is 1. The zero-order valence-electron chi connectivity index (χ0n) is 12.4. The number of benzene rings is 1. The highest BCUT2D eigenvalue weighted by atomic mass is 16.2. The molecule has 3 nitrogen and oxygen atoms in total. The number of nitrogens with one attached hydrogen (secondary N) is 1. The first kappa shape index (κ1) is 13.6. The van der Waals surface area contributed by atoms with Crippen LogP contribution in [-0.2, 0) is 4.79 Å². The van der Waals surface area contributed by atoms with E-state index in [0.29, 0.717) is 6.04 Å². The second-order valence-electron chi connectivity index (χ2n) is 6.03. The molecule has 1 aromatic carbocycles. The molecule has 0 spiro atoms. The van der Waals surface area contributed by atoms with E-state index in [0.717, 1.165) is 17.9 Å². The molecule has 20 heavy (non-hydrogen) atoms. The van der Waals surface area contributed by atoms with Gasteiger partial charge in [-0.1, -0.05) is 50.6 Å². The summed E-state index contributed by atoms with van der Waals surface area (Å²) in [5.41, 5.74) is 1.09. The smallest absolute Gasteiger partial charge is 0.245 e. The maximum Gasteiger partial charge on any atom is 0.245 e. The Morgan fingerprint density at radius 3 is 2.65 bits per heavy atom. The largest absolute Gasteiger partial charge is 0.322 e. The Morgan fingerprint density at radius 2 is 2.00 bits per heavy atom. The van der Waals surface area contributed by atoms with Gasteiger partial charge in [-0.15, -0.1) is 0 Å². The minimum absolute atomic E-state index is 0.149. The summed E-state index contributed by atoms with van der Waals surface area (Å²) in [4.78, 5) is 14.9. The van der Waals surface area contributed by atoms with Gasteiger partial charge in [0.2, 0.25) is 5.91 Å². The van der Waals surface area contributed by atoms with Crippen LogP contribution in [0.25, 0.3) is 0 Å². The second kappa shape index (κ2) is 5.57. The highest BCUT2D eigenvalue weighted by Crippen LogP contribution is 2.43. The van der Waals surface area contributed by atoms with Crippen LogP contribution in [-0.4, -0.2) is 23.0 Å². The van der Waals surface area contributed by atoms with Gasteiger partial charge >= 0.3 is 0 Å². The van der Waals surface area contributed by atoms with Crippen molar-refractivity contribution in [2.45, 2.75) is 57.8 Å². The molecule has 4 unspecified atom stereocenters. The Bertz CT molecular complexity index is 473. The Labute approximate surface area is 121 Å². The summed E-state index contributed by atoms with van der Waals surface area (Å²) in [5, 5.41) is 3.52. The Hall–Kier alpha value is -1.35. The van der Waals surface area contributed by atoms with Crippen LogP contribution in [0.2, 0.25) is 0 Å². The normalized spacial score (nSPS) is 32.7. The van der Waals surface area contributed by atoms with E-state index >= 15 is 0 Å². The molecule has 2 fully saturated rings. The molecule has 1 heterocycles. The van der Waals surface area contributed by atoms with E-state index in [1.165, 1.54) is 19.3 Å². The summed E-state index contributed by atoms with van der Waals surface area (Å²) in [5.74, 6) is 1.00. The van der Waals surface area contributed by atoms with Crippen molar-refractivity contribution in [2.75, 3.05) is 0 Å². The van der Waals surface area contributed by atoms with Crippen LogP contribution in [0.15, 0.2) is 30.3 Å². The molecule has 108 valence electrons. The van der Waals surface area contributed by atoms with Gasteiger partial charge in [0.1, 0.15) is 6.04 Å². The van der Waals surface area contributed by atoms with Gasteiger partial charge in [-0.3, -0.25) is 10.1 Å². The predicted octanol–water partition coefficient (Wildman–Crippen LogP) is 3.08. The monoisotopic (exact) mass is 272 g/mol. The summed E-state index contributed by atoms with van der Waals surface area (Å²) in [7, 11) is 0. The maximum atomic E-state index is 12.8. The molecule has 3 heteroatoms. The third kappa shape index (κ3) is 2.35. The summed E-state index contributed by atoms with van der Waals surface area (Å²) >= 11 is 0. The summed E-state index contributed by atoms with van der Waals surface area (Å²) in [6.07, 6.45) is 4.85. The maximum absolute atomic E-state index is 12.8. The van der Waals surface area contributed by atoms with Gasteiger partial charge in [-0.05, 0) is 30.7 Å². The van der Waals surface area contributed by atoms with Gasteiger partial charge in [0.25, 0.3) is 0 Å². The molecule has 1 saturated carbocycles. The molecule has 1 amide bonds. The highest BCUT2D eigenvalue weighted by molar-refractivity contribution is 5.86. The average molecular weight is 272 g/mol. The van der Waals surface area contributed by atoms with Gasteiger partial charge in [-0.25, -0.2) is 0 Å². The van der Waals surface area contributed by atoms with Crippen molar-refractivity contribution in [3.8, 4) is 0 Å². The molecule has 1 aliphatic carbocycles. The van der Waals surface area contributed by atoms with Crippen molar-refractivity contribution in [1.82, 2.24) is 10.2 Å². The topological polar surface area (TPSA) is 32.3 Å². The fourth-order valence-electron chi connectivity index (χ4n) is 3.49. The molecule has 1 aromatic rings. The van der Waals surface area contributed by atoms with E-state index in [1.54, 1.807) is 0 Å². The number of nitrogens with zero attached hydrogens (tertiary/aromatic N) is 1. The van der Waals surface area contributed by atoms with Gasteiger partial charge < -0.3 is 4.90 Å². The number of amides is 1. The minimum Gasteiger partial charge on any atom is -0.322 e. The van der Waals surface area contributed by atoms with Crippen molar-refractivity contribution in [2.24, 2.45) is 5.92 Å². The highest BCUT2D eigenvalue weighted by Gasteiger charge is 2.50. The Balaban J connectivity index is 1.76. The minimum atomic E-state index is -0.149. The van der Waals surface area contributed by atoms with Crippen molar-refractivity contribution < 1.29 is 4.79 Å². The van der Waals surface area contributed by atoms with Gasteiger partial charge in [0, 0.05) is 6.04 Å². The quantitative estimate of drug-likeness (QED) is 0.893. The van der Waals surface area contributed by atoms with Crippen LogP contribution in [0.1, 0.15) is 51.1 Å². The first-order valence-corrected chi connectivity index (χ1v) is 7.89. The number of hydrogen-bond donors (Lipinski definition) is 1. The standard InChI is InChI=1S/C17H24N2O/c1-3-8-13-11-14(13)19-15(4-2)18-16(17(19)20)12-9-6-5-7-10-12/h5-7,9-10,13-16,18H,3-4,8,11H2,1-2H3. The van der Waals surface area contributed by atoms with E-state index in [-0.39, 0.29) is 18.1 Å². The zero-order chi connectivity index (χ0) is 14.1. The first-order chi connectivity index (χ1) is 9.76. The summed E-state index contributed by atoms with van der Waals surface area (Å²) in [6.45, 7) is 4.38. The Kier molecular flexibility index (Phi) is 3.79. The van der Waals surface area contributed by atoms with Crippen molar-refractivity contribution >= 4 is 5.91 Å². The average Bonchev–Trinajstić information content (AvgIpc) is 3.14. The van der Waals surface area contributed by atoms with E-state index in [1.807, 2.05) is 30.3 Å². The van der Waals surface area contributed by atoms with Crippen LogP contribution in [0, 0.1) is 5.92 Å². The number of rotatable bonds is 5. The van der Waals surface area contributed by atoms with Crippen molar-refractivity contribution in [1.29, 1.82) is 0 Å². The molecule has 0 bridgehead atoms. The molecule has 1 aliphatic heterocycles. The fourth-order valence-corrected chi connectivity index (χ4v) is 3.49. The molecule has 2 aliphatic rings. The van der Waals surface area contributed by atoms with Gasteiger partial charge in [0.05, 0.1) is 6.17 Å². The van der Waals surface area contributed by atoms with Crippen LogP contribution >= 0.6 is 0 Å². The Morgan fingerprint density at radius 1 is 1.25 bits per heavy atom. The van der Waals surface area contributed by atoms with Crippen LogP contribution < -0.4 is 5.32 Å². The first-order valence-electron chi connectivity index (χ1n) is 7.89. The molecule has 1 saturated heterocycles. The van der Waals surface area contributed by atoms with Crippen LogP contribution in [0.5, 0.6) is 0 Å². The zero-order valence-corrected chi connectivity index (χ0v) is 12.4. The lowest BCUT2D eigenvalue weighted by Gasteiger charge is -2.23. The van der Waals surface area contributed by atoms with E-state index in [9.17, 15) is 4.79 Å².